The summed E-state index contributed by atoms with van der Waals surface area (Å²) in [5.74, 6) is -0.0678. The van der Waals surface area contributed by atoms with Crippen molar-refractivity contribution in [1.82, 2.24) is 20.4 Å². The van der Waals surface area contributed by atoms with Crippen molar-refractivity contribution in [3.63, 3.8) is 0 Å². The summed E-state index contributed by atoms with van der Waals surface area (Å²) in [5.41, 5.74) is 1.62. The van der Waals surface area contributed by atoms with E-state index in [1.807, 2.05) is 36.4 Å². The highest BCUT2D eigenvalue weighted by Crippen LogP contribution is 2.28. The molecule has 2 atom stereocenters. The van der Waals surface area contributed by atoms with Crippen molar-refractivity contribution >= 4 is 23.6 Å². The molecule has 1 aliphatic heterocycles. The van der Waals surface area contributed by atoms with Gasteiger partial charge in [-0.2, -0.15) is 0 Å². The van der Waals surface area contributed by atoms with Gasteiger partial charge in [-0.05, 0) is 55.9 Å². The molecule has 43 heavy (non-hydrogen) atoms. The standard InChI is InChI=1S/C32H44N4O7/c1-23-31(39)35(2)18-8-9-19-36(32(40)30(42-4)25-11-6-5-7-12-25)20-10-17-33-28(37)16-14-24-13-15-26(41-3)27(21-24)43-22-29(38)34-23/h5-7,11-13,15,21,23,30H,8-10,14,16-20,22H2,1-4H3,(H,33,37)(H,34,38)/t23-,30+/m0/s1. The van der Waals surface area contributed by atoms with E-state index >= 15 is 0 Å². The number of hydrogen-bond acceptors (Lipinski definition) is 7. The van der Waals surface area contributed by atoms with Gasteiger partial charge in [-0.25, -0.2) is 0 Å². The van der Waals surface area contributed by atoms with Crippen molar-refractivity contribution in [2.75, 3.05) is 54.1 Å². The third-order valence-electron chi connectivity index (χ3n) is 7.32. The monoisotopic (exact) mass is 596 g/mol. The lowest BCUT2D eigenvalue weighted by molar-refractivity contribution is -0.142. The molecule has 4 amide bonds. The Morgan fingerprint density at radius 1 is 0.953 bits per heavy atom. The van der Waals surface area contributed by atoms with Crippen LogP contribution in [-0.4, -0.2) is 93.5 Å². The average Bonchev–Trinajstić information content (AvgIpc) is 3.01. The Hall–Kier alpha value is -4.12. The van der Waals surface area contributed by atoms with Gasteiger partial charge in [0, 0.05) is 46.8 Å². The van der Waals surface area contributed by atoms with Crippen LogP contribution in [0.25, 0.3) is 0 Å². The maximum atomic E-state index is 13.6. The van der Waals surface area contributed by atoms with E-state index in [1.165, 1.54) is 14.2 Å². The predicted octanol–water partition coefficient (Wildman–Crippen LogP) is 2.49. The Labute approximate surface area is 253 Å². The lowest BCUT2D eigenvalue weighted by Crippen LogP contribution is -2.47. The number of fused-ring (bicyclic) bond motifs is 2. The van der Waals surface area contributed by atoms with Crippen LogP contribution in [0, 0.1) is 0 Å². The van der Waals surface area contributed by atoms with Crippen LogP contribution < -0.4 is 20.1 Å². The Morgan fingerprint density at radius 3 is 2.40 bits per heavy atom. The predicted molar refractivity (Wildman–Crippen MR) is 162 cm³/mol. The summed E-state index contributed by atoms with van der Waals surface area (Å²) in [6.45, 7) is 3.15. The maximum Gasteiger partial charge on any atom is 0.258 e. The van der Waals surface area contributed by atoms with Crippen LogP contribution in [0.5, 0.6) is 11.5 Å². The first-order valence-electron chi connectivity index (χ1n) is 14.7. The topological polar surface area (TPSA) is 127 Å². The molecule has 11 nitrogen and oxygen atoms in total. The fourth-order valence-corrected chi connectivity index (χ4v) is 4.92. The molecule has 11 heteroatoms. The molecule has 0 aromatic heterocycles. The van der Waals surface area contributed by atoms with Crippen LogP contribution in [0.1, 0.15) is 49.8 Å². The number of aryl methyl sites for hydroxylation is 1. The number of benzene rings is 2. The molecule has 1 heterocycles. The number of carbonyl (C=O) groups is 4. The number of hydrogen-bond donors (Lipinski definition) is 2. The molecule has 2 aromatic rings. The number of methoxy groups -OCH3 is 2. The molecule has 0 unspecified atom stereocenters. The van der Waals surface area contributed by atoms with Gasteiger partial charge in [0.05, 0.1) is 7.11 Å². The van der Waals surface area contributed by atoms with Crippen molar-refractivity contribution in [3.8, 4) is 11.5 Å². The van der Waals surface area contributed by atoms with Crippen molar-refractivity contribution in [3.05, 3.63) is 59.7 Å². The van der Waals surface area contributed by atoms with Gasteiger partial charge < -0.3 is 34.6 Å². The highest BCUT2D eigenvalue weighted by molar-refractivity contribution is 5.87. The van der Waals surface area contributed by atoms with E-state index in [-0.39, 0.29) is 30.7 Å². The van der Waals surface area contributed by atoms with E-state index in [1.54, 1.807) is 35.9 Å². The molecule has 3 rings (SSSR count). The second kappa shape index (κ2) is 17.1. The van der Waals surface area contributed by atoms with Crippen LogP contribution >= 0.6 is 0 Å². The molecule has 2 N–H and O–H groups in total. The minimum Gasteiger partial charge on any atom is -0.493 e. The van der Waals surface area contributed by atoms with Crippen molar-refractivity contribution < 1.29 is 33.4 Å². The van der Waals surface area contributed by atoms with E-state index in [9.17, 15) is 19.2 Å². The minimum absolute atomic E-state index is 0.0987. The highest BCUT2D eigenvalue weighted by atomic mass is 16.5. The summed E-state index contributed by atoms with van der Waals surface area (Å²) >= 11 is 0. The Morgan fingerprint density at radius 2 is 1.67 bits per heavy atom. The SMILES string of the molecule is COc1ccc2cc1OCC(=O)N[C@@H](C)C(=O)N(C)CCCCN(C(=O)[C@H](OC)c1ccccc1)CCCNC(=O)CC2. The van der Waals surface area contributed by atoms with E-state index < -0.39 is 18.1 Å². The summed E-state index contributed by atoms with van der Waals surface area (Å²) < 4.78 is 16.7. The Balaban J connectivity index is 1.73. The molecule has 2 aromatic carbocycles. The van der Waals surface area contributed by atoms with E-state index in [0.717, 1.165) is 11.1 Å². The van der Waals surface area contributed by atoms with Crippen LogP contribution in [0.4, 0.5) is 0 Å². The summed E-state index contributed by atoms with van der Waals surface area (Å²) in [6, 6.07) is 13.9. The number of likely N-dealkylation sites (N-methyl/N-ethyl adjacent to an activating group) is 1. The summed E-state index contributed by atoms with van der Waals surface area (Å²) in [5, 5.41) is 5.63. The molecule has 1 aliphatic rings. The molecular weight excluding hydrogens is 552 g/mol. The third-order valence-corrected chi connectivity index (χ3v) is 7.32. The average molecular weight is 597 g/mol. The van der Waals surface area contributed by atoms with Gasteiger partial charge in [-0.1, -0.05) is 36.4 Å². The zero-order chi connectivity index (χ0) is 31.2. The lowest BCUT2D eigenvalue weighted by atomic mass is 10.1. The summed E-state index contributed by atoms with van der Waals surface area (Å²) in [7, 11) is 4.72. The summed E-state index contributed by atoms with van der Waals surface area (Å²) in [6.07, 6.45) is 1.90. The van der Waals surface area contributed by atoms with Gasteiger partial charge in [0.25, 0.3) is 11.8 Å². The van der Waals surface area contributed by atoms with Crippen LogP contribution in [0.3, 0.4) is 0 Å². The number of ether oxygens (including phenoxy) is 3. The van der Waals surface area contributed by atoms with Crippen molar-refractivity contribution in [2.24, 2.45) is 0 Å². The minimum atomic E-state index is -0.739. The molecule has 0 saturated carbocycles. The van der Waals surface area contributed by atoms with Crippen LogP contribution in [0.15, 0.2) is 48.5 Å². The molecular formula is C32H44N4O7. The smallest absolute Gasteiger partial charge is 0.258 e. The van der Waals surface area contributed by atoms with Gasteiger partial charge in [-0.3, -0.25) is 19.2 Å². The molecule has 0 radical (unpaired) electrons. The van der Waals surface area contributed by atoms with Gasteiger partial charge in [0.15, 0.2) is 24.2 Å². The second-order valence-corrected chi connectivity index (χ2v) is 10.6. The molecule has 2 bridgehead atoms. The highest BCUT2D eigenvalue weighted by Gasteiger charge is 2.26. The molecule has 0 aliphatic carbocycles. The molecule has 234 valence electrons. The van der Waals surface area contributed by atoms with Crippen molar-refractivity contribution in [2.45, 2.75) is 51.2 Å². The zero-order valence-corrected chi connectivity index (χ0v) is 25.6. The maximum absolute atomic E-state index is 13.6. The normalized spacial score (nSPS) is 19.2. The quantitative estimate of drug-likeness (QED) is 0.556. The van der Waals surface area contributed by atoms with Crippen LogP contribution in [0.2, 0.25) is 0 Å². The summed E-state index contributed by atoms with van der Waals surface area (Å²) in [4.78, 5) is 55.0. The number of amides is 4. The molecule has 0 spiro atoms. The number of carbonyl (C=O) groups excluding carboxylic acids is 4. The fourth-order valence-electron chi connectivity index (χ4n) is 4.92. The van der Waals surface area contributed by atoms with Gasteiger partial charge in [0.1, 0.15) is 6.04 Å². The third kappa shape index (κ3) is 10.3. The molecule has 0 saturated heterocycles. The van der Waals surface area contributed by atoms with Crippen LogP contribution in [-0.2, 0) is 30.3 Å². The van der Waals surface area contributed by atoms with E-state index in [4.69, 9.17) is 14.2 Å². The number of nitrogens with one attached hydrogen (secondary N) is 2. The number of rotatable bonds is 4. The largest absolute Gasteiger partial charge is 0.493 e. The Kier molecular flexibility index (Phi) is 13.3. The van der Waals surface area contributed by atoms with Gasteiger partial charge in [-0.15, -0.1) is 0 Å². The fraction of sp³-hybridized carbons (Fsp3) is 0.500. The first-order valence-corrected chi connectivity index (χ1v) is 14.7. The van der Waals surface area contributed by atoms with E-state index in [0.29, 0.717) is 63.4 Å². The molecule has 0 fully saturated rings. The first-order chi connectivity index (χ1) is 20.7. The van der Waals surface area contributed by atoms with Crippen molar-refractivity contribution in [1.29, 1.82) is 0 Å². The van der Waals surface area contributed by atoms with Gasteiger partial charge in [0.2, 0.25) is 11.8 Å². The zero-order valence-electron chi connectivity index (χ0n) is 25.6. The number of nitrogens with zero attached hydrogens (tertiary/aromatic N) is 2. The first kappa shape index (κ1) is 33.4. The van der Waals surface area contributed by atoms with Gasteiger partial charge >= 0.3 is 0 Å². The Bertz CT molecular complexity index is 1220. The van der Waals surface area contributed by atoms with E-state index in [2.05, 4.69) is 10.6 Å². The second-order valence-electron chi connectivity index (χ2n) is 10.6. The lowest BCUT2D eigenvalue weighted by Gasteiger charge is -2.28.